The highest BCUT2D eigenvalue weighted by atomic mass is 19.4. The average Bonchev–Trinajstić information content (AvgIpc) is 2.59. The molecule has 25 heavy (non-hydrogen) atoms. The summed E-state index contributed by atoms with van der Waals surface area (Å²) < 4.78 is 39.5. The first kappa shape index (κ1) is 19.2. The van der Waals surface area contributed by atoms with Gasteiger partial charge in [0.15, 0.2) is 0 Å². The Morgan fingerprint density at radius 2 is 1.56 bits per heavy atom. The molecule has 0 aliphatic carbocycles. The number of nitrogens with zero attached hydrogens (tertiary/aromatic N) is 3. The van der Waals surface area contributed by atoms with E-state index in [1.54, 1.807) is 19.0 Å². The van der Waals surface area contributed by atoms with Gasteiger partial charge in [-0.3, -0.25) is 4.90 Å². The molecular weight excluding hydrogens is 327 g/mol. The highest BCUT2D eigenvalue weighted by Gasteiger charge is 2.32. The first-order chi connectivity index (χ1) is 11.7. The van der Waals surface area contributed by atoms with E-state index in [-0.39, 0.29) is 5.82 Å². The van der Waals surface area contributed by atoms with Crippen LogP contribution in [-0.4, -0.2) is 37.1 Å². The Hall–Kier alpha value is -2.08. The Balaban J connectivity index is 2.36. The maximum Gasteiger partial charge on any atom is 0.416 e. The molecular formula is C19H24F3N3. The molecule has 6 heteroatoms. The second-order valence-electron chi connectivity index (χ2n) is 6.15. The summed E-state index contributed by atoms with van der Waals surface area (Å²) in [7, 11) is 3.36. The van der Waals surface area contributed by atoms with Gasteiger partial charge in [0.1, 0.15) is 5.82 Å². The summed E-state index contributed by atoms with van der Waals surface area (Å²) in [5.74, 6) is 0.289. The molecule has 2 aromatic rings. The summed E-state index contributed by atoms with van der Waals surface area (Å²) in [4.78, 5) is 8.21. The molecule has 3 nitrogen and oxygen atoms in total. The number of alkyl halides is 3. The van der Waals surface area contributed by atoms with Crippen LogP contribution in [0.3, 0.4) is 0 Å². The molecule has 0 radical (unpaired) electrons. The molecule has 1 heterocycles. The van der Waals surface area contributed by atoms with Gasteiger partial charge >= 0.3 is 6.18 Å². The third kappa shape index (κ3) is 4.95. The van der Waals surface area contributed by atoms with Crippen molar-refractivity contribution in [3.8, 4) is 11.3 Å². The molecule has 0 N–H and O–H groups in total. The summed E-state index contributed by atoms with van der Waals surface area (Å²) in [6.07, 6.45) is -4.40. The van der Waals surface area contributed by atoms with E-state index in [9.17, 15) is 13.2 Å². The van der Waals surface area contributed by atoms with E-state index in [0.717, 1.165) is 37.3 Å². The third-order valence-corrected chi connectivity index (χ3v) is 4.15. The molecule has 1 aromatic heterocycles. The predicted octanol–water partition coefficient (Wildman–Crippen LogP) is 4.68. The highest BCUT2D eigenvalue weighted by Crippen LogP contribution is 2.33. The van der Waals surface area contributed by atoms with E-state index in [1.807, 2.05) is 24.3 Å². The van der Waals surface area contributed by atoms with Crippen molar-refractivity contribution < 1.29 is 13.2 Å². The molecule has 0 saturated heterocycles. The van der Waals surface area contributed by atoms with Crippen molar-refractivity contribution in [2.45, 2.75) is 26.6 Å². The number of aromatic nitrogens is 1. The van der Waals surface area contributed by atoms with Crippen LogP contribution >= 0.6 is 0 Å². The largest absolute Gasteiger partial charge is 0.416 e. The van der Waals surface area contributed by atoms with Crippen LogP contribution in [0.25, 0.3) is 11.3 Å². The van der Waals surface area contributed by atoms with Gasteiger partial charge in [-0.15, -0.1) is 0 Å². The topological polar surface area (TPSA) is 19.4 Å². The van der Waals surface area contributed by atoms with Gasteiger partial charge in [-0.05, 0) is 30.8 Å². The van der Waals surface area contributed by atoms with E-state index in [4.69, 9.17) is 0 Å². The number of benzene rings is 1. The van der Waals surface area contributed by atoms with Gasteiger partial charge in [0, 0.05) is 26.2 Å². The van der Waals surface area contributed by atoms with Gasteiger partial charge in [0.25, 0.3) is 0 Å². The Bertz CT molecular complexity index is 690. The minimum absolute atomic E-state index is 0.289. The van der Waals surface area contributed by atoms with Crippen LogP contribution in [0.1, 0.15) is 25.0 Å². The van der Waals surface area contributed by atoms with Gasteiger partial charge in [0.05, 0.1) is 11.3 Å². The Kier molecular flexibility index (Phi) is 6.06. The van der Waals surface area contributed by atoms with E-state index < -0.39 is 11.7 Å². The van der Waals surface area contributed by atoms with Gasteiger partial charge in [0.2, 0.25) is 0 Å². The van der Waals surface area contributed by atoms with E-state index in [1.165, 1.54) is 0 Å². The van der Waals surface area contributed by atoms with E-state index >= 15 is 0 Å². The summed E-state index contributed by atoms with van der Waals surface area (Å²) in [6, 6.07) is 9.74. The minimum Gasteiger partial charge on any atom is -0.363 e. The molecule has 0 saturated carbocycles. The molecule has 0 aliphatic rings. The zero-order valence-electron chi connectivity index (χ0n) is 15.1. The van der Waals surface area contributed by atoms with Crippen LogP contribution in [0, 0.1) is 0 Å². The maximum absolute atomic E-state index is 13.2. The molecule has 0 unspecified atom stereocenters. The molecule has 0 fully saturated rings. The van der Waals surface area contributed by atoms with Crippen molar-refractivity contribution >= 4 is 5.82 Å². The van der Waals surface area contributed by atoms with Crippen molar-refractivity contribution in [3.63, 3.8) is 0 Å². The van der Waals surface area contributed by atoms with Crippen molar-refractivity contribution in [1.82, 2.24) is 9.88 Å². The fraction of sp³-hybridized carbons (Fsp3) is 0.421. The standard InChI is InChI=1S/C19H24F3N3/c1-5-25(6-2)13-14-7-9-15(10-8-14)17-11-16(19(20,21)22)12-18(23-17)24(3)4/h7-12H,5-6,13H2,1-4H3. The lowest BCUT2D eigenvalue weighted by molar-refractivity contribution is -0.137. The van der Waals surface area contributed by atoms with Crippen LogP contribution in [0.2, 0.25) is 0 Å². The Labute approximate surface area is 147 Å². The normalized spacial score (nSPS) is 11.8. The van der Waals surface area contributed by atoms with Crippen LogP contribution < -0.4 is 4.90 Å². The molecule has 136 valence electrons. The zero-order valence-corrected chi connectivity index (χ0v) is 15.1. The highest BCUT2D eigenvalue weighted by molar-refractivity contribution is 5.63. The lowest BCUT2D eigenvalue weighted by atomic mass is 10.1. The first-order valence-corrected chi connectivity index (χ1v) is 8.32. The fourth-order valence-corrected chi connectivity index (χ4v) is 2.54. The summed E-state index contributed by atoms with van der Waals surface area (Å²) >= 11 is 0. The monoisotopic (exact) mass is 351 g/mol. The molecule has 1 aromatic carbocycles. The van der Waals surface area contributed by atoms with Crippen LogP contribution in [0.5, 0.6) is 0 Å². The molecule has 0 atom stereocenters. The SMILES string of the molecule is CCN(CC)Cc1ccc(-c2cc(C(F)(F)F)cc(N(C)C)n2)cc1. The van der Waals surface area contributed by atoms with Crippen LogP contribution in [0.15, 0.2) is 36.4 Å². The van der Waals surface area contributed by atoms with Gasteiger partial charge in [-0.2, -0.15) is 13.2 Å². The van der Waals surface area contributed by atoms with Crippen LogP contribution in [0.4, 0.5) is 19.0 Å². The van der Waals surface area contributed by atoms with Crippen molar-refractivity contribution in [2.75, 3.05) is 32.1 Å². The number of anilines is 1. The van der Waals surface area contributed by atoms with Gasteiger partial charge in [-0.25, -0.2) is 4.98 Å². The van der Waals surface area contributed by atoms with Crippen molar-refractivity contribution in [1.29, 1.82) is 0 Å². The quantitative estimate of drug-likeness (QED) is 0.754. The van der Waals surface area contributed by atoms with Crippen LogP contribution in [-0.2, 0) is 12.7 Å². The summed E-state index contributed by atoms with van der Waals surface area (Å²) in [5.41, 5.74) is 1.45. The van der Waals surface area contributed by atoms with Gasteiger partial charge < -0.3 is 4.90 Å². The molecule has 0 bridgehead atoms. The predicted molar refractivity (Wildman–Crippen MR) is 95.6 cm³/mol. The number of hydrogen-bond donors (Lipinski definition) is 0. The smallest absolute Gasteiger partial charge is 0.363 e. The summed E-state index contributed by atoms with van der Waals surface area (Å²) in [6.45, 7) is 6.95. The lowest BCUT2D eigenvalue weighted by Crippen LogP contribution is -2.21. The molecule has 0 amide bonds. The fourth-order valence-electron chi connectivity index (χ4n) is 2.54. The van der Waals surface area contributed by atoms with Gasteiger partial charge in [-0.1, -0.05) is 38.1 Å². The second kappa shape index (κ2) is 7.87. The Morgan fingerprint density at radius 1 is 0.960 bits per heavy atom. The maximum atomic E-state index is 13.2. The van der Waals surface area contributed by atoms with Crippen molar-refractivity contribution in [2.24, 2.45) is 0 Å². The number of hydrogen-bond acceptors (Lipinski definition) is 3. The zero-order chi connectivity index (χ0) is 18.6. The first-order valence-electron chi connectivity index (χ1n) is 8.32. The minimum atomic E-state index is -4.40. The number of halogens is 3. The molecule has 2 rings (SSSR count). The molecule has 0 aliphatic heterocycles. The third-order valence-electron chi connectivity index (χ3n) is 4.15. The Morgan fingerprint density at radius 3 is 2.04 bits per heavy atom. The van der Waals surface area contributed by atoms with E-state index in [0.29, 0.717) is 11.3 Å². The average molecular weight is 351 g/mol. The summed E-state index contributed by atoms with van der Waals surface area (Å²) in [5, 5.41) is 0. The number of pyridine rings is 1. The van der Waals surface area contributed by atoms with Crippen molar-refractivity contribution in [3.05, 3.63) is 47.5 Å². The number of rotatable bonds is 6. The van der Waals surface area contributed by atoms with E-state index in [2.05, 4.69) is 23.7 Å². The lowest BCUT2D eigenvalue weighted by Gasteiger charge is -2.18. The second-order valence-corrected chi connectivity index (χ2v) is 6.15. The molecule has 0 spiro atoms.